The predicted molar refractivity (Wildman–Crippen MR) is 306 cm³/mol. The third-order valence-corrected chi connectivity index (χ3v) is 11.7. The van der Waals surface area contributed by atoms with Crippen molar-refractivity contribution in [2.75, 3.05) is 19.8 Å². The zero-order valence-corrected chi connectivity index (χ0v) is 45.5. The molecule has 0 radical (unpaired) electrons. The average Bonchev–Trinajstić information content (AvgIpc) is 3.36. The zero-order chi connectivity index (χ0) is 50.6. The minimum absolute atomic E-state index is 0.0431. The fourth-order valence-corrected chi connectivity index (χ4v) is 7.45. The van der Waals surface area contributed by atoms with Crippen molar-refractivity contribution in [2.45, 2.75) is 245 Å². The molecule has 5 heteroatoms. The highest BCUT2D eigenvalue weighted by Gasteiger charge is 2.17. The van der Waals surface area contributed by atoms with Crippen LogP contribution in [-0.2, 0) is 23.8 Å². The summed E-state index contributed by atoms with van der Waals surface area (Å²) in [5.74, 6) is -0.461. The highest BCUT2D eigenvalue weighted by Crippen LogP contribution is 2.13. The van der Waals surface area contributed by atoms with E-state index in [1.165, 1.54) is 77.0 Å². The van der Waals surface area contributed by atoms with Crippen molar-refractivity contribution in [1.29, 1.82) is 0 Å². The monoisotopic (exact) mass is 967 g/mol. The Hall–Kier alpha value is -3.96. The van der Waals surface area contributed by atoms with Gasteiger partial charge in [0, 0.05) is 19.4 Å². The zero-order valence-electron chi connectivity index (χ0n) is 45.5. The molecule has 0 heterocycles. The summed E-state index contributed by atoms with van der Waals surface area (Å²) < 4.78 is 17.4. The Bertz CT molecular complexity index is 1470. The molecule has 0 aromatic heterocycles. The molecule has 1 atom stereocenters. The molecule has 0 saturated carbocycles. The number of allylic oxidation sites excluding steroid dienone is 22. The molecule has 0 bridgehead atoms. The van der Waals surface area contributed by atoms with Crippen molar-refractivity contribution in [1.82, 2.24) is 0 Å². The van der Waals surface area contributed by atoms with Gasteiger partial charge in [-0.25, -0.2) is 0 Å². The lowest BCUT2D eigenvalue weighted by Gasteiger charge is -2.18. The molecule has 0 saturated heterocycles. The highest BCUT2D eigenvalue weighted by molar-refractivity contribution is 5.70. The molecule has 0 aromatic rings. The summed E-state index contributed by atoms with van der Waals surface area (Å²) >= 11 is 0. The maximum Gasteiger partial charge on any atom is 0.306 e. The first-order chi connectivity index (χ1) is 34.6. The predicted octanol–water partition coefficient (Wildman–Crippen LogP) is 19.9. The Morgan fingerprint density at radius 1 is 0.329 bits per heavy atom. The Balaban J connectivity index is 4.44. The summed E-state index contributed by atoms with van der Waals surface area (Å²) in [5, 5.41) is 0. The standard InChI is InChI=1S/C65H106O5/c1-4-7-10-13-16-19-22-25-28-30-32-34-36-39-42-45-48-51-54-57-60-68-61-63(70-65(67)59-56-53-50-47-44-41-37-27-24-21-18-15-12-9-6-3)62-69-64(66)58-55-52-49-46-43-40-38-35-33-31-29-26-23-20-17-14-11-8-5-2/h7-8,10-11,16-17,19-20,25-29,32-35,37,39,42,48,51,63H,4-6,9,12-15,18,21-24,30-31,36,38,40-41,43-47,49-50,52-62H2,1-3H3/b10-7-,11-8-,19-16-,20-17-,28-25-,29-26-,34-32-,35-33-,37-27-,42-39-,51-48-. The first-order valence-corrected chi connectivity index (χ1v) is 28.7. The van der Waals surface area contributed by atoms with Crippen LogP contribution in [0.4, 0.5) is 0 Å². The number of esters is 2. The van der Waals surface area contributed by atoms with Gasteiger partial charge in [-0.1, -0.05) is 231 Å². The number of hydrogen-bond acceptors (Lipinski definition) is 5. The number of carbonyl (C=O) groups excluding carboxylic acids is 2. The third-order valence-electron chi connectivity index (χ3n) is 11.7. The van der Waals surface area contributed by atoms with E-state index in [1.54, 1.807) is 0 Å². The summed E-state index contributed by atoms with van der Waals surface area (Å²) in [7, 11) is 0. The van der Waals surface area contributed by atoms with E-state index < -0.39 is 6.10 Å². The van der Waals surface area contributed by atoms with Crippen molar-refractivity contribution >= 4 is 11.9 Å². The smallest absolute Gasteiger partial charge is 0.306 e. The minimum atomic E-state index is -0.587. The van der Waals surface area contributed by atoms with Crippen LogP contribution in [0.2, 0.25) is 0 Å². The second-order valence-electron chi connectivity index (χ2n) is 18.4. The van der Waals surface area contributed by atoms with Gasteiger partial charge in [0.1, 0.15) is 6.61 Å². The van der Waals surface area contributed by atoms with Crippen molar-refractivity contribution < 1.29 is 23.8 Å². The fraction of sp³-hybridized carbons (Fsp3) is 0.631. The maximum absolute atomic E-state index is 12.9. The summed E-state index contributed by atoms with van der Waals surface area (Å²) in [5.41, 5.74) is 0. The molecule has 0 rings (SSSR count). The normalized spacial score (nSPS) is 13.2. The molecule has 0 aliphatic rings. The van der Waals surface area contributed by atoms with Crippen LogP contribution < -0.4 is 0 Å². The second kappa shape index (κ2) is 59.3. The SMILES string of the molecule is CC/C=C\C/C=C\C/C=C\C/C=C\C/C=C\C/C=C\CCCOCC(COC(=O)CCCCCCCC/C=C\C/C=C\C/C=C\C/C=C\CC)OC(=O)CCCCCCC/C=C\CCCCCCCC. The molecule has 0 amide bonds. The number of hydrogen-bond donors (Lipinski definition) is 0. The molecule has 0 N–H and O–H groups in total. The van der Waals surface area contributed by atoms with Gasteiger partial charge in [0.15, 0.2) is 6.10 Å². The van der Waals surface area contributed by atoms with E-state index in [9.17, 15) is 9.59 Å². The Kier molecular flexibility index (Phi) is 56.0. The van der Waals surface area contributed by atoms with Crippen LogP contribution in [0.3, 0.4) is 0 Å². The van der Waals surface area contributed by atoms with Gasteiger partial charge in [0.05, 0.1) is 6.61 Å². The van der Waals surface area contributed by atoms with Crippen LogP contribution in [0.15, 0.2) is 134 Å². The number of ether oxygens (including phenoxy) is 3. The van der Waals surface area contributed by atoms with Crippen molar-refractivity contribution in [3.63, 3.8) is 0 Å². The van der Waals surface area contributed by atoms with Gasteiger partial charge in [-0.05, 0) is 128 Å². The van der Waals surface area contributed by atoms with E-state index in [4.69, 9.17) is 14.2 Å². The van der Waals surface area contributed by atoms with Crippen LogP contribution in [0, 0.1) is 0 Å². The van der Waals surface area contributed by atoms with Gasteiger partial charge in [0.2, 0.25) is 0 Å². The minimum Gasteiger partial charge on any atom is -0.462 e. The quantitative estimate of drug-likeness (QED) is 0.0345. The van der Waals surface area contributed by atoms with Crippen molar-refractivity contribution in [3.05, 3.63) is 134 Å². The summed E-state index contributed by atoms with van der Waals surface area (Å²) in [6, 6.07) is 0. The van der Waals surface area contributed by atoms with E-state index in [2.05, 4.69) is 154 Å². The van der Waals surface area contributed by atoms with E-state index in [-0.39, 0.29) is 25.2 Å². The van der Waals surface area contributed by atoms with Crippen LogP contribution >= 0.6 is 0 Å². The lowest BCUT2D eigenvalue weighted by Crippen LogP contribution is -2.30. The highest BCUT2D eigenvalue weighted by atomic mass is 16.6. The first-order valence-electron chi connectivity index (χ1n) is 28.7. The van der Waals surface area contributed by atoms with Gasteiger partial charge in [-0.15, -0.1) is 0 Å². The molecule has 0 spiro atoms. The average molecular weight is 968 g/mol. The third kappa shape index (κ3) is 56.6. The first kappa shape index (κ1) is 66.0. The lowest BCUT2D eigenvalue weighted by atomic mass is 10.1. The topological polar surface area (TPSA) is 61.8 Å². The van der Waals surface area contributed by atoms with Gasteiger partial charge >= 0.3 is 11.9 Å². The lowest BCUT2D eigenvalue weighted by molar-refractivity contribution is -0.163. The molecule has 5 nitrogen and oxygen atoms in total. The number of unbranched alkanes of at least 4 members (excludes halogenated alkanes) is 18. The van der Waals surface area contributed by atoms with Gasteiger partial charge in [-0.2, -0.15) is 0 Å². The van der Waals surface area contributed by atoms with Gasteiger partial charge < -0.3 is 14.2 Å². The van der Waals surface area contributed by atoms with E-state index in [0.717, 1.165) is 128 Å². The molecule has 0 aromatic carbocycles. The Morgan fingerprint density at radius 2 is 0.643 bits per heavy atom. The second-order valence-corrected chi connectivity index (χ2v) is 18.4. The molecular weight excluding hydrogens is 861 g/mol. The van der Waals surface area contributed by atoms with Crippen LogP contribution in [0.25, 0.3) is 0 Å². The maximum atomic E-state index is 12.9. The molecule has 70 heavy (non-hydrogen) atoms. The molecule has 1 unspecified atom stereocenters. The largest absolute Gasteiger partial charge is 0.462 e. The van der Waals surface area contributed by atoms with Crippen molar-refractivity contribution in [2.24, 2.45) is 0 Å². The Morgan fingerprint density at radius 3 is 1.04 bits per heavy atom. The number of rotatable bonds is 51. The van der Waals surface area contributed by atoms with Crippen LogP contribution in [0.1, 0.15) is 239 Å². The van der Waals surface area contributed by atoms with Crippen LogP contribution in [-0.4, -0.2) is 37.9 Å². The Labute approximate surface area is 432 Å². The van der Waals surface area contributed by atoms with Gasteiger partial charge in [-0.3, -0.25) is 9.59 Å². The number of carbonyl (C=O) groups is 2. The fourth-order valence-electron chi connectivity index (χ4n) is 7.45. The summed E-state index contributed by atoms with van der Waals surface area (Å²) in [6.07, 6.45) is 84.8. The molecule has 0 aliphatic heterocycles. The van der Waals surface area contributed by atoms with Crippen molar-refractivity contribution in [3.8, 4) is 0 Å². The summed E-state index contributed by atoms with van der Waals surface area (Å²) in [6.45, 7) is 7.42. The molecule has 0 fully saturated rings. The summed E-state index contributed by atoms with van der Waals surface area (Å²) in [4.78, 5) is 25.5. The molecule has 396 valence electrons. The van der Waals surface area contributed by atoms with Gasteiger partial charge in [0.25, 0.3) is 0 Å². The van der Waals surface area contributed by atoms with Crippen LogP contribution in [0.5, 0.6) is 0 Å². The van der Waals surface area contributed by atoms with E-state index >= 15 is 0 Å². The molecule has 0 aliphatic carbocycles. The van der Waals surface area contributed by atoms with E-state index in [1.807, 2.05) is 0 Å². The molecular formula is C65H106O5. The van der Waals surface area contributed by atoms with E-state index in [0.29, 0.717) is 19.4 Å².